The molecule has 0 unspecified atom stereocenters. The van der Waals surface area contributed by atoms with E-state index in [1.807, 2.05) is 24.3 Å². The van der Waals surface area contributed by atoms with Crippen LogP contribution < -0.4 is 15.0 Å². The number of methoxy groups -OCH3 is 1. The smallest absolute Gasteiger partial charge is 0.226 e. The zero-order valence-corrected chi connectivity index (χ0v) is 15.2. The number of nitrogens with zero attached hydrogens (tertiary/aromatic N) is 1. The molecule has 0 aliphatic carbocycles. The normalized spacial score (nSPS) is 10.1. The van der Waals surface area contributed by atoms with Crippen molar-refractivity contribution in [3.8, 4) is 5.75 Å². The summed E-state index contributed by atoms with van der Waals surface area (Å²) >= 11 is 3.39. The maximum atomic E-state index is 12.1. The fourth-order valence-electron chi connectivity index (χ4n) is 2.22. The van der Waals surface area contributed by atoms with Gasteiger partial charge in [0.25, 0.3) is 0 Å². The number of ether oxygens (including phenoxy) is 1. The molecule has 0 atom stereocenters. The van der Waals surface area contributed by atoms with Crippen molar-refractivity contribution < 1.29 is 14.3 Å². The monoisotopic (exact) mass is 390 g/mol. The molecule has 0 aliphatic heterocycles. The lowest BCUT2D eigenvalue weighted by Crippen LogP contribution is -2.31. The number of carbonyl (C=O) groups excluding carboxylic acids is 2. The summed E-state index contributed by atoms with van der Waals surface area (Å²) in [6.07, 6.45) is 0.206. The third-order valence-corrected chi connectivity index (χ3v) is 3.93. The minimum atomic E-state index is -0.151. The SMILES string of the molecule is COc1ccc(NC(=O)CCN(C(C)=O)c2cccc(Br)c2)cc1. The molecule has 0 aliphatic rings. The van der Waals surface area contributed by atoms with Crippen LogP contribution in [0.2, 0.25) is 0 Å². The van der Waals surface area contributed by atoms with Gasteiger partial charge in [-0.2, -0.15) is 0 Å². The van der Waals surface area contributed by atoms with E-state index in [9.17, 15) is 9.59 Å². The quantitative estimate of drug-likeness (QED) is 0.814. The molecule has 0 bridgehead atoms. The topological polar surface area (TPSA) is 58.6 Å². The Bertz CT molecular complexity index is 716. The van der Waals surface area contributed by atoms with Crippen LogP contribution in [0.4, 0.5) is 11.4 Å². The highest BCUT2D eigenvalue weighted by Crippen LogP contribution is 2.20. The second kappa shape index (κ2) is 8.49. The molecule has 0 aromatic heterocycles. The summed E-state index contributed by atoms with van der Waals surface area (Å²) in [5, 5.41) is 2.81. The van der Waals surface area contributed by atoms with Gasteiger partial charge >= 0.3 is 0 Å². The molecule has 2 aromatic carbocycles. The molecule has 2 rings (SSSR count). The Morgan fingerprint density at radius 3 is 2.46 bits per heavy atom. The fraction of sp³-hybridized carbons (Fsp3) is 0.222. The van der Waals surface area contributed by atoms with Gasteiger partial charge in [0.2, 0.25) is 11.8 Å². The van der Waals surface area contributed by atoms with Gasteiger partial charge in [0.05, 0.1) is 7.11 Å². The highest BCUT2D eigenvalue weighted by molar-refractivity contribution is 9.10. The molecule has 6 heteroatoms. The second-order valence-corrected chi connectivity index (χ2v) is 6.09. The van der Waals surface area contributed by atoms with E-state index in [0.717, 1.165) is 15.9 Å². The molecule has 0 saturated heterocycles. The van der Waals surface area contributed by atoms with Crippen LogP contribution in [-0.4, -0.2) is 25.5 Å². The van der Waals surface area contributed by atoms with Crippen LogP contribution >= 0.6 is 15.9 Å². The number of benzene rings is 2. The van der Waals surface area contributed by atoms with Crippen LogP contribution in [-0.2, 0) is 9.59 Å². The first-order chi connectivity index (χ1) is 11.5. The number of carbonyl (C=O) groups is 2. The van der Waals surface area contributed by atoms with Crippen LogP contribution in [0.1, 0.15) is 13.3 Å². The summed E-state index contributed by atoms with van der Waals surface area (Å²) in [4.78, 5) is 25.5. The Kier molecular flexibility index (Phi) is 6.37. The van der Waals surface area contributed by atoms with Crippen LogP contribution in [0.15, 0.2) is 53.0 Å². The van der Waals surface area contributed by atoms with Gasteiger partial charge < -0.3 is 15.0 Å². The van der Waals surface area contributed by atoms with Crippen molar-refractivity contribution >= 4 is 39.1 Å². The highest BCUT2D eigenvalue weighted by atomic mass is 79.9. The molecule has 5 nitrogen and oxygen atoms in total. The second-order valence-electron chi connectivity index (χ2n) is 5.18. The van der Waals surface area contributed by atoms with Gasteiger partial charge in [-0.3, -0.25) is 9.59 Å². The van der Waals surface area contributed by atoms with E-state index in [1.54, 1.807) is 36.3 Å². The van der Waals surface area contributed by atoms with E-state index in [1.165, 1.54) is 6.92 Å². The molecule has 0 saturated carbocycles. The molecular weight excluding hydrogens is 372 g/mol. The zero-order valence-electron chi connectivity index (χ0n) is 13.6. The lowest BCUT2D eigenvalue weighted by molar-refractivity contribution is -0.117. The number of hydrogen-bond acceptors (Lipinski definition) is 3. The first kappa shape index (κ1) is 18.0. The largest absolute Gasteiger partial charge is 0.497 e. The Morgan fingerprint density at radius 2 is 1.88 bits per heavy atom. The van der Waals surface area contributed by atoms with E-state index in [2.05, 4.69) is 21.2 Å². The predicted molar refractivity (Wildman–Crippen MR) is 98.4 cm³/mol. The molecule has 1 N–H and O–H groups in total. The maximum Gasteiger partial charge on any atom is 0.226 e. The first-order valence-corrected chi connectivity index (χ1v) is 8.26. The van der Waals surface area contributed by atoms with E-state index in [4.69, 9.17) is 4.74 Å². The number of halogens is 1. The molecular formula is C18H19BrN2O3. The first-order valence-electron chi connectivity index (χ1n) is 7.47. The van der Waals surface area contributed by atoms with Gasteiger partial charge in [-0.25, -0.2) is 0 Å². The number of nitrogens with one attached hydrogen (secondary N) is 1. The van der Waals surface area contributed by atoms with Crippen molar-refractivity contribution in [2.45, 2.75) is 13.3 Å². The molecule has 0 spiro atoms. The van der Waals surface area contributed by atoms with Crippen molar-refractivity contribution in [3.05, 3.63) is 53.0 Å². The molecule has 0 fully saturated rings. The Labute approximate surface area is 149 Å². The van der Waals surface area contributed by atoms with Gasteiger partial charge in [0.15, 0.2) is 0 Å². The lowest BCUT2D eigenvalue weighted by Gasteiger charge is -2.21. The van der Waals surface area contributed by atoms with Crippen LogP contribution in [0.25, 0.3) is 0 Å². The number of anilines is 2. The summed E-state index contributed by atoms with van der Waals surface area (Å²) in [6.45, 7) is 1.80. The van der Waals surface area contributed by atoms with Crippen molar-refractivity contribution in [2.75, 3.05) is 23.9 Å². The molecule has 2 aromatic rings. The summed E-state index contributed by atoms with van der Waals surface area (Å²) in [5.74, 6) is 0.470. The fourth-order valence-corrected chi connectivity index (χ4v) is 2.61. The van der Waals surface area contributed by atoms with Gasteiger partial charge in [-0.05, 0) is 42.5 Å². The average molecular weight is 391 g/mol. The summed E-state index contributed by atoms with van der Waals surface area (Å²) in [7, 11) is 1.59. The summed E-state index contributed by atoms with van der Waals surface area (Å²) in [5.41, 5.74) is 1.45. The van der Waals surface area contributed by atoms with Crippen LogP contribution in [0.5, 0.6) is 5.75 Å². The molecule has 2 amide bonds. The Balaban J connectivity index is 1.96. The van der Waals surface area contributed by atoms with Gasteiger partial charge in [-0.15, -0.1) is 0 Å². The number of amides is 2. The average Bonchev–Trinajstić information content (AvgIpc) is 2.55. The van der Waals surface area contributed by atoms with Gasteiger partial charge in [0, 0.05) is 35.7 Å². The van der Waals surface area contributed by atoms with Crippen LogP contribution in [0.3, 0.4) is 0 Å². The third kappa shape index (κ3) is 5.09. The van der Waals surface area contributed by atoms with Crippen molar-refractivity contribution in [1.82, 2.24) is 0 Å². The standard InChI is InChI=1S/C18H19BrN2O3/c1-13(22)21(16-5-3-4-14(19)12-16)11-10-18(23)20-15-6-8-17(24-2)9-7-15/h3-9,12H,10-11H2,1-2H3,(H,20,23). The van der Waals surface area contributed by atoms with Crippen LogP contribution in [0, 0.1) is 0 Å². The Morgan fingerprint density at radius 1 is 1.17 bits per heavy atom. The van der Waals surface area contributed by atoms with Crippen molar-refractivity contribution in [3.63, 3.8) is 0 Å². The highest BCUT2D eigenvalue weighted by Gasteiger charge is 2.14. The van der Waals surface area contributed by atoms with E-state index >= 15 is 0 Å². The number of rotatable bonds is 6. The molecule has 24 heavy (non-hydrogen) atoms. The van der Waals surface area contributed by atoms with Gasteiger partial charge in [0.1, 0.15) is 5.75 Å². The van der Waals surface area contributed by atoms with Crippen molar-refractivity contribution in [1.29, 1.82) is 0 Å². The van der Waals surface area contributed by atoms with E-state index < -0.39 is 0 Å². The zero-order chi connectivity index (χ0) is 17.5. The van der Waals surface area contributed by atoms with Crippen molar-refractivity contribution in [2.24, 2.45) is 0 Å². The molecule has 0 heterocycles. The van der Waals surface area contributed by atoms with E-state index in [0.29, 0.717) is 12.2 Å². The number of hydrogen-bond donors (Lipinski definition) is 1. The van der Waals surface area contributed by atoms with E-state index in [-0.39, 0.29) is 18.2 Å². The maximum absolute atomic E-state index is 12.1. The summed E-state index contributed by atoms with van der Waals surface area (Å²) < 4.78 is 5.96. The lowest BCUT2D eigenvalue weighted by atomic mass is 10.2. The minimum Gasteiger partial charge on any atom is -0.497 e. The predicted octanol–water partition coefficient (Wildman–Crippen LogP) is 3.84. The summed E-state index contributed by atoms with van der Waals surface area (Å²) in [6, 6.07) is 14.5. The Hall–Kier alpha value is -2.34. The minimum absolute atomic E-state index is 0.106. The molecule has 126 valence electrons. The van der Waals surface area contributed by atoms with Gasteiger partial charge in [-0.1, -0.05) is 22.0 Å². The third-order valence-electron chi connectivity index (χ3n) is 3.44. The molecule has 0 radical (unpaired) electrons.